The van der Waals surface area contributed by atoms with Crippen LogP contribution < -0.4 is 15.8 Å². The number of anilines is 2. The van der Waals surface area contributed by atoms with E-state index in [9.17, 15) is 4.79 Å². The van der Waals surface area contributed by atoms with Gasteiger partial charge in [0.25, 0.3) is 5.91 Å². The fraction of sp³-hybridized carbons (Fsp3) is 0.192. The van der Waals surface area contributed by atoms with Gasteiger partial charge in [-0.3, -0.25) is 9.48 Å². The van der Waals surface area contributed by atoms with Crippen LogP contribution in [0.4, 0.5) is 11.5 Å². The van der Waals surface area contributed by atoms with E-state index < -0.39 is 0 Å². The second-order valence-corrected chi connectivity index (χ2v) is 9.41. The monoisotopic (exact) mass is 471 g/mol. The first-order valence-electron chi connectivity index (χ1n) is 11.0. The molecule has 172 valence electrons. The summed E-state index contributed by atoms with van der Waals surface area (Å²) < 4.78 is 7.90. The van der Waals surface area contributed by atoms with E-state index in [1.165, 1.54) is 10.5 Å². The van der Waals surface area contributed by atoms with Crippen molar-refractivity contribution in [1.82, 2.24) is 14.8 Å². The molecular formula is C26H25N5O2S. The minimum atomic E-state index is -0.304. The second kappa shape index (κ2) is 9.23. The first-order chi connectivity index (χ1) is 16.5. The van der Waals surface area contributed by atoms with Crippen molar-refractivity contribution in [3.8, 4) is 16.9 Å². The van der Waals surface area contributed by atoms with Crippen LogP contribution in [0.25, 0.3) is 11.1 Å². The van der Waals surface area contributed by atoms with Gasteiger partial charge in [0.05, 0.1) is 6.20 Å². The minimum absolute atomic E-state index is 0.126. The summed E-state index contributed by atoms with van der Waals surface area (Å²) in [7, 11) is 1.86. The highest BCUT2D eigenvalue weighted by atomic mass is 32.2. The minimum Gasteiger partial charge on any atom is -0.482 e. The van der Waals surface area contributed by atoms with Crippen LogP contribution in [0.15, 0.2) is 72.0 Å². The number of fused-ring (bicyclic) bond motifs is 1. The number of ether oxygens (including phenoxy) is 1. The fourth-order valence-electron chi connectivity index (χ4n) is 3.92. The van der Waals surface area contributed by atoms with Crippen LogP contribution in [-0.4, -0.2) is 26.4 Å². The molecule has 3 heterocycles. The third-order valence-corrected chi connectivity index (χ3v) is 6.90. The first kappa shape index (κ1) is 22.0. The fourth-order valence-corrected chi connectivity index (χ4v) is 5.02. The Morgan fingerprint density at radius 1 is 1.18 bits per heavy atom. The lowest BCUT2D eigenvalue weighted by Gasteiger charge is -2.17. The Kier molecular flexibility index (Phi) is 5.98. The quantitative estimate of drug-likeness (QED) is 0.406. The Morgan fingerprint density at radius 2 is 2.06 bits per heavy atom. The molecule has 1 aliphatic heterocycles. The van der Waals surface area contributed by atoms with Crippen LogP contribution in [0.5, 0.6) is 5.75 Å². The van der Waals surface area contributed by atoms with Crippen LogP contribution in [-0.2, 0) is 13.5 Å². The Balaban J connectivity index is 1.31. The molecule has 8 heteroatoms. The molecule has 0 saturated carbocycles. The SMILES string of the molecule is C[C@@H](Oc1cc(-c2cnn(C)c2)cnc1N)c1cccc(NC(=O)c2ccc3c(c2)SCC3)c1. The Bertz CT molecular complexity index is 1370. The molecule has 0 saturated heterocycles. The molecule has 2 aromatic carbocycles. The highest BCUT2D eigenvalue weighted by Gasteiger charge is 2.16. The lowest BCUT2D eigenvalue weighted by Crippen LogP contribution is -2.13. The van der Waals surface area contributed by atoms with Gasteiger partial charge in [-0.2, -0.15) is 5.10 Å². The zero-order valence-corrected chi connectivity index (χ0v) is 19.8. The predicted octanol–water partition coefficient (Wildman–Crippen LogP) is 5.10. The molecule has 0 fully saturated rings. The molecule has 0 spiro atoms. The van der Waals surface area contributed by atoms with Gasteiger partial charge in [-0.05, 0) is 54.8 Å². The van der Waals surface area contributed by atoms with Crippen molar-refractivity contribution in [3.63, 3.8) is 0 Å². The normalized spacial score (nSPS) is 13.4. The van der Waals surface area contributed by atoms with Gasteiger partial charge in [-0.1, -0.05) is 18.2 Å². The number of carbonyl (C=O) groups is 1. The van der Waals surface area contributed by atoms with Crippen LogP contribution >= 0.6 is 11.8 Å². The van der Waals surface area contributed by atoms with Gasteiger partial charge in [0.2, 0.25) is 0 Å². The average Bonchev–Trinajstić information content (AvgIpc) is 3.49. The van der Waals surface area contributed by atoms with Crippen LogP contribution in [0, 0.1) is 0 Å². The van der Waals surface area contributed by atoms with E-state index in [0.717, 1.165) is 28.9 Å². The Morgan fingerprint density at radius 3 is 2.88 bits per heavy atom. The number of aromatic nitrogens is 3. The van der Waals surface area contributed by atoms with E-state index in [-0.39, 0.29) is 12.0 Å². The number of aryl methyl sites for hydroxylation is 2. The molecule has 0 unspecified atom stereocenters. The Labute approximate surface area is 202 Å². The maximum atomic E-state index is 12.8. The summed E-state index contributed by atoms with van der Waals surface area (Å²) in [6.45, 7) is 1.94. The highest BCUT2D eigenvalue weighted by molar-refractivity contribution is 7.99. The van der Waals surface area contributed by atoms with Crippen molar-refractivity contribution in [3.05, 3.63) is 83.8 Å². The number of hydrogen-bond donors (Lipinski definition) is 2. The average molecular weight is 472 g/mol. The summed E-state index contributed by atoms with van der Waals surface area (Å²) in [5.41, 5.74) is 11.5. The number of thioether (sulfide) groups is 1. The highest BCUT2D eigenvalue weighted by Crippen LogP contribution is 2.33. The smallest absolute Gasteiger partial charge is 0.255 e. The number of carbonyl (C=O) groups excluding carboxylic acids is 1. The second-order valence-electron chi connectivity index (χ2n) is 8.27. The molecule has 4 aromatic rings. The number of nitrogen functional groups attached to an aromatic ring is 1. The zero-order chi connectivity index (χ0) is 23.7. The number of hydrogen-bond acceptors (Lipinski definition) is 6. The van der Waals surface area contributed by atoms with E-state index in [4.69, 9.17) is 10.5 Å². The van der Waals surface area contributed by atoms with Crippen molar-refractivity contribution in [2.75, 3.05) is 16.8 Å². The van der Waals surface area contributed by atoms with E-state index in [0.29, 0.717) is 22.8 Å². The molecule has 0 bridgehead atoms. The molecular weight excluding hydrogens is 446 g/mol. The molecule has 1 amide bonds. The summed E-state index contributed by atoms with van der Waals surface area (Å²) in [5.74, 6) is 1.77. The molecule has 3 N–H and O–H groups in total. The van der Waals surface area contributed by atoms with E-state index >= 15 is 0 Å². The van der Waals surface area contributed by atoms with Crippen molar-refractivity contribution >= 4 is 29.2 Å². The van der Waals surface area contributed by atoms with Gasteiger partial charge in [-0.15, -0.1) is 11.8 Å². The molecule has 0 radical (unpaired) electrons. The molecule has 7 nitrogen and oxygen atoms in total. The molecule has 34 heavy (non-hydrogen) atoms. The van der Waals surface area contributed by atoms with Crippen molar-refractivity contribution < 1.29 is 9.53 Å². The zero-order valence-electron chi connectivity index (χ0n) is 19.0. The third-order valence-electron chi connectivity index (χ3n) is 5.80. The van der Waals surface area contributed by atoms with Gasteiger partial charge >= 0.3 is 0 Å². The maximum absolute atomic E-state index is 12.8. The standard InChI is InChI=1S/C26H25N5O2S/c1-16(33-23-11-20(13-28-25(23)27)21-14-29-31(2)15-21)18-4-3-5-22(10-18)30-26(32)19-7-6-17-8-9-34-24(17)12-19/h3-7,10-16H,8-9H2,1-2H3,(H2,27,28)(H,30,32)/t16-/m1/s1. The maximum Gasteiger partial charge on any atom is 0.255 e. The first-order valence-corrected chi connectivity index (χ1v) is 12.0. The van der Waals surface area contributed by atoms with Crippen molar-refractivity contribution in [2.45, 2.75) is 24.3 Å². The molecule has 2 aromatic heterocycles. The van der Waals surface area contributed by atoms with E-state index in [1.807, 2.05) is 62.6 Å². The number of rotatable bonds is 6. The molecule has 1 aliphatic rings. The van der Waals surface area contributed by atoms with Crippen LogP contribution in [0.2, 0.25) is 0 Å². The summed E-state index contributed by atoms with van der Waals surface area (Å²) in [5, 5.41) is 7.21. The molecule has 1 atom stereocenters. The van der Waals surface area contributed by atoms with E-state index in [1.54, 1.807) is 28.8 Å². The summed E-state index contributed by atoms with van der Waals surface area (Å²) in [6, 6.07) is 15.4. The van der Waals surface area contributed by atoms with Gasteiger partial charge in [0, 0.05) is 52.5 Å². The van der Waals surface area contributed by atoms with Crippen molar-refractivity contribution in [2.24, 2.45) is 7.05 Å². The molecule has 0 aliphatic carbocycles. The third kappa shape index (κ3) is 4.63. The number of nitrogens with zero attached hydrogens (tertiary/aromatic N) is 3. The predicted molar refractivity (Wildman–Crippen MR) is 135 cm³/mol. The number of nitrogens with two attached hydrogens (primary N) is 1. The number of nitrogens with one attached hydrogen (secondary N) is 1. The number of amides is 1. The summed E-state index contributed by atoms with van der Waals surface area (Å²) >= 11 is 1.80. The number of benzene rings is 2. The van der Waals surface area contributed by atoms with Crippen LogP contribution in [0.3, 0.4) is 0 Å². The van der Waals surface area contributed by atoms with Gasteiger partial charge in [-0.25, -0.2) is 4.98 Å². The lowest BCUT2D eigenvalue weighted by atomic mass is 10.1. The number of pyridine rings is 1. The lowest BCUT2D eigenvalue weighted by molar-refractivity contribution is 0.102. The van der Waals surface area contributed by atoms with Gasteiger partial charge in [0.15, 0.2) is 11.6 Å². The Hall–Kier alpha value is -3.78. The van der Waals surface area contributed by atoms with Gasteiger partial charge in [0.1, 0.15) is 6.10 Å². The largest absolute Gasteiger partial charge is 0.482 e. The topological polar surface area (TPSA) is 95.1 Å². The summed E-state index contributed by atoms with van der Waals surface area (Å²) in [6.07, 6.45) is 6.14. The van der Waals surface area contributed by atoms with Gasteiger partial charge < -0.3 is 15.8 Å². The summed E-state index contributed by atoms with van der Waals surface area (Å²) in [4.78, 5) is 18.3. The van der Waals surface area contributed by atoms with Crippen molar-refractivity contribution in [1.29, 1.82) is 0 Å². The van der Waals surface area contributed by atoms with Crippen LogP contribution in [0.1, 0.15) is 34.5 Å². The molecule has 5 rings (SSSR count). The van der Waals surface area contributed by atoms with E-state index in [2.05, 4.69) is 21.5 Å².